The minimum absolute atomic E-state index is 0.0708. The van der Waals surface area contributed by atoms with Crippen LogP contribution >= 0.6 is 0 Å². The van der Waals surface area contributed by atoms with Crippen molar-refractivity contribution in [3.63, 3.8) is 0 Å². The van der Waals surface area contributed by atoms with Crippen molar-refractivity contribution < 1.29 is 23.1 Å². The molecule has 1 heterocycles. The Kier molecular flexibility index (Phi) is 7.34. The molecular weight excluding hydrogens is 328 g/mol. The normalized spacial score (nSPS) is 17.4. The molecule has 0 spiro atoms. The highest BCUT2D eigenvalue weighted by atomic mass is 19.2. The average molecular weight is 353 g/mol. The topological polar surface area (TPSA) is 46.6 Å². The molecule has 1 amide bonds. The Bertz CT molecular complexity index is 606. The summed E-state index contributed by atoms with van der Waals surface area (Å²) >= 11 is 0. The monoisotopic (exact) mass is 353 g/mol. The van der Waals surface area contributed by atoms with Crippen LogP contribution in [0.5, 0.6) is 0 Å². The largest absolute Gasteiger partial charge is 0.469 e. The molecule has 1 aromatic carbocycles. The maximum Gasteiger partial charge on any atom is 0.305 e. The van der Waals surface area contributed by atoms with Crippen LogP contribution in [0.4, 0.5) is 8.78 Å². The van der Waals surface area contributed by atoms with Gasteiger partial charge in [-0.2, -0.15) is 0 Å². The average Bonchev–Trinajstić information content (AvgIpc) is 2.62. The number of halogens is 2. The molecule has 6 heteroatoms. The fourth-order valence-corrected chi connectivity index (χ4v) is 3.24. The van der Waals surface area contributed by atoms with E-state index in [1.54, 1.807) is 6.07 Å². The molecule has 1 fully saturated rings. The molecule has 0 aliphatic carbocycles. The fraction of sp³-hybridized carbons (Fsp3) is 0.579. The highest BCUT2D eigenvalue weighted by Crippen LogP contribution is 2.23. The van der Waals surface area contributed by atoms with Gasteiger partial charge in [0.25, 0.3) is 0 Å². The van der Waals surface area contributed by atoms with Crippen LogP contribution in [0.3, 0.4) is 0 Å². The number of ether oxygens (including phenoxy) is 1. The minimum atomic E-state index is -0.829. The van der Waals surface area contributed by atoms with E-state index >= 15 is 0 Å². The maximum atomic E-state index is 13.3. The summed E-state index contributed by atoms with van der Waals surface area (Å²) in [6, 6.07) is 4.01. The summed E-state index contributed by atoms with van der Waals surface area (Å²) < 4.78 is 30.8. The molecule has 25 heavy (non-hydrogen) atoms. The van der Waals surface area contributed by atoms with Gasteiger partial charge in [-0.05, 0) is 55.7 Å². The number of piperidine rings is 1. The number of methoxy groups -OCH3 is 1. The molecule has 1 aliphatic heterocycles. The number of likely N-dealkylation sites (tertiary alicyclic amines) is 1. The molecule has 1 saturated heterocycles. The minimum Gasteiger partial charge on any atom is -0.469 e. The zero-order valence-electron chi connectivity index (χ0n) is 14.6. The summed E-state index contributed by atoms with van der Waals surface area (Å²) in [6.07, 6.45) is 4.62. The number of nitrogens with zero attached hydrogens (tertiary/aromatic N) is 1. The lowest BCUT2D eigenvalue weighted by Gasteiger charge is -2.33. The number of hydrogen-bond donors (Lipinski definition) is 0. The van der Waals surface area contributed by atoms with Crippen molar-refractivity contribution in [3.8, 4) is 0 Å². The highest BCUT2D eigenvalue weighted by Gasteiger charge is 2.23. The first-order chi connectivity index (χ1) is 12.0. The van der Waals surface area contributed by atoms with E-state index in [1.165, 1.54) is 13.2 Å². The quantitative estimate of drug-likeness (QED) is 0.705. The number of hydrogen-bond acceptors (Lipinski definition) is 3. The Morgan fingerprint density at radius 1 is 1.24 bits per heavy atom. The lowest BCUT2D eigenvalue weighted by Crippen LogP contribution is -2.40. The molecule has 138 valence electrons. The highest BCUT2D eigenvalue weighted by molar-refractivity contribution is 5.77. The molecule has 1 aliphatic rings. The van der Waals surface area contributed by atoms with Gasteiger partial charge in [0, 0.05) is 25.9 Å². The van der Waals surface area contributed by atoms with Gasteiger partial charge < -0.3 is 9.64 Å². The van der Waals surface area contributed by atoms with Gasteiger partial charge in [-0.25, -0.2) is 8.78 Å². The van der Waals surface area contributed by atoms with Gasteiger partial charge in [-0.1, -0.05) is 6.07 Å². The number of amides is 1. The van der Waals surface area contributed by atoms with Crippen molar-refractivity contribution in [1.82, 2.24) is 4.90 Å². The Labute approximate surface area is 147 Å². The van der Waals surface area contributed by atoms with Crippen LogP contribution in [0.15, 0.2) is 18.2 Å². The van der Waals surface area contributed by atoms with Crippen LogP contribution in [-0.2, 0) is 20.7 Å². The second kappa shape index (κ2) is 9.49. The van der Waals surface area contributed by atoms with Crippen molar-refractivity contribution in [2.75, 3.05) is 20.2 Å². The molecule has 2 rings (SSSR count). The standard InChI is InChI=1S/C19H25F2NO3/c1-25-19(24)6-2-5-18(23)22-11-3-4-15(13-22)8-7-14-9-10-16(20)17(21)12-14/h9-10,12,15H,2-8,11,13H2,1H3. The Morgan fingerprint density at radius 3 is 2.76 bits per heavy atom. The van der Waals surface area contributed by atoms with Crippen molar-refractivity contribution in [3.05, 3.63) is 35.4 Å². The van der Waals surface area contributed by atoms with Gasteiger partial charge in [0.15, 0.2) is 11.6 Å². The zero-order chi connectivity index (χ0) is 18.2. The van der Waals surface area contributed by atoms with E-state index in [1.807, 2.05) is 4.90 Å². The second-order valence-corrected chi connectivity index (χ2v) is 6.56. The number of esters is 1. The zero-order valence-corrected chi connectivity index (χ0v) is 14.6. The third kappa shape index (κ3) is 6.11. The van der Waals surface area contributed by atoms with Gasteiger partial charge in [-0.3, -0.25) is 9.59 Å². The van der Waals surface area contributed by atoms with E-state index in [4.69, 9.17) is 0 Å². The summed E-state index contributed by atoms with van der Waals surface area (Å²) in [5, 5.41) is 0. The molecular formula is C19H25F2NO3. The van der Waals surface area contributed by atoms with Crippen LogP contribution in [-0.4, -0.2) is 37.0 Å². The Morgan fingerprint density at radius 2 is 2.04 bits per heavy atom. The molecule has 1 aromatic rings. The van der Waals surface area contributed by atoms with Crippen molar-refractivity contribution in [2.45, 2.75) is 44.9 Å². The van der Waals surface area contributed by atoms with Crippen molar-refractivity contribution in [2.24, 2.45) is 5.92 Å². The van der Waals surface area contributed by atoms with E-state index in [0.717, 1.165) is 37.4 Å². The third-order valence-corrected chi connectivity index (χ3v) is 4.70. The summed E-state index contributed by atoms with van der Waals surface area (Å²) in [5.41, 5.74) is 0.778. The first kappa shape index (κ1) is 19.3. The smallest absolute Gasteiger partial charge is 0.305 e. The molecule has 0 saturated carbocycles. The molecule has 1 atom stereocenters. The number of carbonyl (C=O) groups is 2. The number of aryl methyl sites for hydroxylation is 1. The van der Waals surface area contributed by atoms with Gasteiger partial charge in [0.1, 0.15) is 0 Å². The van der Waals surface area contributed by atoms with Crippen molar-refractivity contribution >= 4 is 11.9 Å². The van der Waals surface area contributed by atoms with Crippen LogP contribution in [0.2, 0.25) is 0 Å². The summed E-state index contributed by atoms with van der Waals surface area (Å²) in [4.78, 5) is 25.2. The summed E-state index contributed by atoms with van der Waals surface area (Å²) in [6.45, 7) is 1.44. The lowest BCUT2D eigenvalue weighted by atomic mass is 9.91. The fourth-order valence-electron chi connectivity index (χ4n) is 3.24. The first-order valence-corrected chi connectivity index (χ1v) is 8.78. The molecule has 0 radical (unpaired) electrons. The molecule has 0 aromatic heterocycles. The summed E-state index contributed by atoms with van der Waals surface area (Å²) in [5.74, 6) is -1.50. The SMILES string of the molecule is COC(=O)CCCC(=O)N1CCCC(CCc2ccc(F)c(F)c2)C1. The number of benzene rings is 1. The third-order valence-electron chi connectivity index (χ3n) is 4.70. The predicted octanol–water partition coefficient (Wildman–Crippen LogP) is 3.48. The molecule has 0 bridgehead atoms. The number of rotatable bonds is 7. The van der Waals surface area contributed by atoms with Gasteiger partial charge >= 0.3 is 5.97 Å². The van der Waals surface area contributed by atoms with Crippen molar-refractivity contribution in [1.29, 1.82) is 0 Å². The number of carbonyl (C=O) groups excluding carboxylic acids is 2. The van der Waals surface area contributed by atoms with Gasteiger partial charge in [0.05, 0.1) is 7.11 Å². The summed E-state index contributed by atoms with van der Waals surface area (Å²) in [7, 11) is 1.34. The predicted molar refractivity (Wildman–Crippen MR) is 89.9 cm³/mol. The van der Waals surface area contributed by atoms with E-state index in [2.05, 4.69) is 4.74 Å². The van der Waals surface area contributed by atoms with E-state index in [0.29, 0.717) is 31.7 Å². The maximum absolute atomic E-state index is 13.3. The van der Waals surface area contributed by atoms with Crippen LogP contribution < -0.4 is 0 Å². The second-order valence-electron chi connectivity index (χ2n) is 6.56. The van der Waals surface area contributed by atoms with Crippen LogP contribution in [0, 0.1) is 17.6 Å². The molecule has 1 unspecified atom stereocenters. The van der Waals surface area contributed by atoms with Crippen LogP contribution in [0.25, 0.3) is 0 Å². The van der Waals surface area contributed by atoms with E-state index in [-0.39, 0.29) is 18.3 Å². The van der Waals surface area contributed by atoms with E-state index in [9.17, 15) is 18.4 Å². The lowest BCUT2D eigenvalue weighted by molar-refractivity contribution is -0.141. The van der Waals surface area contributed by atoms with Crippen LogP contribution in [0.1, 0.15) is 44.1 Å². The molecule has 0 N–H and O–H groups in total. The first-order valence-electron chi connectivity index (χ1n) is 8.78. The Balaban J connectivity index is 1.76. The Hall–Kier alpha value is -1.98. The molecule has 4 nitrogen and oxygen atoms in total. The van der Waals surface area contributed by atoms with Gasteiger partial charge in [0.2, 0.25) is 5.91 Å². The van der Waals surface area contributed by atoms with Gasteiger partial charge in [-0.15, -0.1) is 0 Å². The van der Waals surface area contributed by atoms with E-state index < -0.39 is 11.6 Å².